The highest BCUT2D eigenvalue weighted by molar-refractivity contribution is 5.82. The van der Waals surface area contributed by atoms with Crippen LogP contribution in [-0.4, -0.2) is 36.5 Å². The zero-order chi connectivity index (χ0) is 14.8. The maximum atomic E-state index is 4.59. The first-order valence-electron chi connectivity index (χ1n) is 7.20. The first kappa shape index (κ1) is 13.5. The summed E-state index contributed by atoms with van der Waals surface area (Å²) in [4.78, 5) is 8.99. The van der Waals surface area contributed by atoms with Gasteiger partial charge < -0.3 is 5.32 Å². The number of anilines is 1. The molecule has 21 heavy (non-hydrogen) atoms. The Morgan fingerprint density at radius 1 is 1.33 bits per heavy atom. The summed E-state index contributed by atoms with van der Waals surface area (Å²) in [7, 11) is 0. The van der Waals surface area contributed by atoms with Gasteiger partial charge in [0.1, 0.15) is 0 Å². The van der Waals surface area contributed by atoms with Gasteiger partial charge >= 0.3 is 0 Å². The number of aromatic amines is 1. The summed E-state index contributed by atoms with van der Waals surface area (Å²) in [6.07, 6.45) is 4.66. The van der Waals surface area contributed by atoms with E-state index in [1.165, 1.54) is 0 Å². The van der Waals surface area contributed by atoms with Crippen LogP contribution in [0.15, 0.2) is 18.5 Å². The highest BCUT2D eigenvalue weighted by Gasteiger charge is 2.13. The molecule has 0 aliphatic rings. The number of fused-ring (bicyclic) bond motifs is 1. The highest BCUT2D eigenvalue weighted by Crippen LogP contribution is 2.20. The smallest absolute Gasteiger partial charge is 0.226 e. The molecular weight excluding hydrogens is 266 g/mol. The Hall–Kier alpha value is -2.44. The molecule has 0 radical (unpaired) electrons. The van der Waals surface area contributed by atoms with Crippen molar-refractivity contribution in [2.24, 2.45) is 0 Å². The van der Waals surface area contributed by atoms with Crippen molar-refractivity contribution in [3.8, 4) is 5.82 Å². The number of nitrogens with one attached hydrogen (secondary N) is 2. The Morgan fingerprint density at radius 3 is 2.90 bits per heavy atom. The molecule has 0 spiro atoms. The second-order valence-corrected chi connectivity index (χ2v) is 5.27. The Kier molecular flexibility index (Phi) is 3.55. The van der Waals surface area contributed by atoms with E-state index in [4.69, 9.17) is 0 Å². The molecule has 0 fully saturated rings. The molecule has 2 N–H and O–H groups in total. The topological polar surface area (TPSA) is 84.3 Å². The standard InChI is InChI=1S/C14H19N7/c1-4-6-15-14-17-12-10(8-16-19-12)13(18-14)21-7-5-11(20-21)9(2)3/h5,7-9H,4,6H2,1-3H3,(H2,15,16,17,18,19). The summed E-state index contributed by atoms with van der Waals surface area (Å²) in [5.41, 5.74) is 1.74. The number of hydrogen-bond acceptors (Lipinski definition) is 5. The van der Waals surface area contributed by atoms with Crippen molar-refractivity contribution >= 4 is 17.0 Å². The van der Waals surface area contributed by atoms with Crippen LogP contribution in [0.4, 0.5) is 5.95 Å². The van der Waals surface area contributed by atoms with Crippen LogP contribution in [0.25, 0.3) is 16.9 Å². The van der Waals surface area contributed by atoms with Crippen molar-refractivity contribution in [3.63, 3.8) is 0 Å². The largest absolute Gasteiger partial charge is 0.354 e. The summed E-state index contributed by atoms with van der Waals surface area (Å²) in [5.74, 6) is 1.70. The Morgan fingerprint density at radius 2 is 2.19 bits per heavy atom. The fourth-order valence-electron chi connectivity index (χ4n) is 2.07. The maximum Gasteiger partial charge on any atom is 0.226 e. The van der Waals surface area contributed by atoms with Gasteiger partial charge in [-0.25, -0.2) is 4.68 Å². The van der Waals surface area contributed by atoms with Crippen LogP contribution < -0.4 is 5.32 Å². The molecule has 0 saturated heterocycles. The number of hydrogen-bond donors (Lipinski definition) is 2. The van der Waals surface area contributed by atoms with Crippen LogP contribution in [0.1, 0.15) is 38.8 Å². The predicted molar refractivity (Wildman–Crippen MR) is 81.7 cm³/mol. The van der Waals surface area contributed by atoms with E-state index in [0.29, 0.717) is 17.5 Å². The van der Waals surface area contributed by atoms with Gasteiger partial charge in [0.25, 0.3) is 0 Å². The molecule has 0 bridgehead atoms. The summed E-state index contributed by atoms with van der Waals surface area (Å²) in [6, 6.07) is 2.01. The first-order valence-corrected chi connectivity index (χ1v) is 7.20. The minimum absolute atomic E-state index is 0.380. The van der Waals surface area contributed by atoms with Gasteiger partial charge in [0.15, 0.2) is 11.5 Å². The van der Waals surface area contributed by atoms with Crippen molar-refractivity contribution in [1.82, 2.24) is 29.9 Å². The fraction of sp³-hybridized carbons (Fsp3) is 0.429. The maximum absolute atomic E-state index is 4.59. The molecule has 0 aliphatic carbocycles. The molecule has 0 aliphatic heterocycles. The normalized spacial score (nSPS) is 11.4. The lowest BCUT2D eigenvalue weighted by molar-refractivity contribution is 0.760. The Balaban J connectivity index is 2.08. The lowest BCUT2D eigenvalue weighted by Crippen LogP contribution is -2.08. The van der Waals surface area contributed by atoms with Gasteiger partial charge in [0.05, 0.1) is 17.3 Å². The second-order valence-electron chi connectivity index (χ2n) is 5.27. The van der Waals surface area contributed by atoms with E-state index in [1.807, 2.05) is 12.3 Å². The van der Waals surface area contributed by atoms with Gasteiger partial charge in [0.2, 0.25) is 5.95 Å². The molecule has 7 nitrogen and oxygen atoms in total. The summed E-state index contributed by atoms with van der Waals surface area (Å²) >= 11 is 0. The van der Waals surface area contributed by atoms with Gasteiger partial charge in [-0.05, 0) is 18.4 Å². The van der Waals surface area contributed by atoms with Crippen molar-refractivity contribution in [2.75, 3.05) is 11.9 Å². The highest BCUT2D eigenvalue weighted by atomic mass is 15.3. The van der Waals surface area contributed by atoms with Gasteiger partial charge in [-0.1, -0.05) is 20.8 Å². The molecule has 3 aromatic heterocycles. The predicted octanol–water partition coefficient (Wildman–Crippen LogP) is 2.48. The van der Waals surface area contributed by atoms with E-state index in [9.17, 15) is 0 Å². The van der Waals surface area contributed by atoms with Crippen molar-refractivity contribution < 1.29 is 0 Å². The average Bonchev–Trinajstić information content (AvgIpc) is 3.12. The first-order chi connectivity index (χ1) is 10.2. The number of nitrogens with zero attached hydrogens (tertiary/aromatic N) is 5. The molecule has 7 heteroatoms. The van der Waals surface area contributed by atoms with Crippen LogP contribution >= 0.6 is 0 Å². The van der Waals surface area contributed by atoms with Crippen molar-refractivity contribution in [1.29, 1.82) is 0 Å². The summed E-state index contributed by atoms with van der Waals surface area (Å²) in [5, 5.41) is 15.6. The number of rotatable bonds is 5. The minimum Gasteiger partial charge on any atom is -0.354 e. The molecule has 0 atom stereocenters. The van der Waals surface area contributed by atoms with Crippen LogP contribution in [0.5, 0.6) is 0 Å². The molecule has 3 rings (SSSR count). The van der Waals surface area contributed by atoms with Gasteiger partial charge in [-0.2, -0.15) is 20.2 Å². The molecule has 110 valence electrons. The average molecular weight is 285 g/mol. The summed E-state index contributed by atoms with van der Waals surface area (Å²) < 4.78 is 1.78. The molecule has 0 saturated carbocycles. The number of H-pyrrole nitrogens is 1. The zero-order valence-corrected chi connectivity index (χ0v) is 12.5. The Bertz CT molecular complexity index is 741. The van der Waals surface area contributed by atoms with E-state index in [0.717, 1.165) is 29.9 Å². The molecule has 0 amide bonds. The van der Waals surface area contributed by atoms with Crippen molar-refractivity contribution in [3.05, 3.63) is 24.2 Å². The van der Waals surface area contributed by atoms with E-state index < -0.39 is 0 Å². The second kappa shape index (κ2) is 5.51. The Labute approximate surface area is 122 Å². The van der Waals surface area contributed by atoms with E-state index in [2.05, 4.69) is 51.4 Å². The van der Waals surface area contributed by atoms with Gasteiger partial charge in [-0.15, -0.1) is 0 Å². The SMILES string of the molecule is CCCNc1nc(-n2ccc(C(C)C)n2)c2cn[nH]c2n1. The third-order valence-electron chi connectivity index (χ3n) is 3.24. The third kappa shape index (κ3) is 2.58. The van der Waals surface area contributed by atoms with Crippen LogP contribution in [0, 0.1) is 0 Å². The quantitative estimate of drug-likeness (QED) is 0.752. The molecule has 0 unspecified atom stereocenters. The van der Waals surface area contributed by atoms with Crippen molar-refractivity contribution in [2.45, 2.75) is 33.1 Å². The fourth-order valence-corrected chi connectivity index (χ4v) is 2.07. The summed E-state index contributed by atoms with van der Waals surface area (Å²) in [6.45, 7) is 7.17. The minimum atomic E-state index is 0.380. The third-order valence-corrected chi connectivity index (χ3v) is 3.24. The van der Waals surface area contributed by atoms with E-state index in [1.54, 1.807) is 10.9 Å². The van der Waals surface area contributed by atoms with E-state index in [-0.39, 0.29) is 0 Å². The van der Waals surface area contributed by atoms with Crippen LogP contribution in [-0.2, 0) is 0 Å². The lowest BCUT2D eigenvalue weighted by atomic mass is 10.1. The van der Waals surface area contributed by atoms with Crippen LogP contribution in [0.3, 0.4) is 0 Å². The monoisotopic (exact) mass is 285 g/mol. The molecule has 3 heterocycles. The molecule has 0 aromatic carbocycles. The lowest BCUT2D eigenvalue weighted by Gasteiger charge is -2.07. The molecular formula is C14H19N7. The van der Waals surface area contributed by atoms with Gasteiger partial charge in [-0.3, -0.25) is 5.10 Å². The van der Waals surface area contributed by atoms with E-state index >= 15 is 0 Å². The molecule has 3 aromatic rings. The zero-order valence-electron chi connectivity index (χ0n) is 12.5. The van der Waals surface area contributed by atoms with Gasteiger partial charge in [0, 0.05) is 12.7 Å². The number of aromatic nitrogens is 6. The van der Waals surface area contributed by atoms with Crippen LogP contribution in [0.2, 0.25) is 0 Å².